The van der Waals surface area contributed by atoms with Gasteiger partial charge in [0, 0.05) is 18.1 Å². The summed E-state index contributed by atoms with van der Waals surface area (Å²) < 4.78 is 5.58. The Hall–Kier alpha value is -1.30. The molecule has 1 atom stereocenters. The van der Waals surface area contributed by atoms with Crippen LogP contribution in [0.1, 0.15) is 66.2 Å². The monoisotopic (exact) mass is 325 g/mol. The van der Waals surface area contributed by atoms with Gasteiger partial charge in [0.25, 0.3) is 0 Å². The molecular formula is C17H31N3O3. The lowest BCUT2D eigenvalue weighted by molar-refractivity contribution is -0.123. The van der Waals surface area contributed by atoms with Gasteiger partial charge < -0.3 is 20.7 Å². The number of ether oxygens (including phenoxy) is 1. The van der Waals surface area contributed by atoms with Crippen LogP contribution < -0.4 is 11.1 Å². The average molecular weight is 325 g/mol. The number of hydrogen-bond acceptors (Lipinski definition) is 4. The summed E-state index contributed by atoms with van der Waals surface area (Å²) in [5, 5.41) is 2.99. The van der Waals surface area contributed by atoms with Gasteiger partial charge in [0.15, 0.2) is 0 Å². The van der Waals surface area contributed by atoms with Crippen LogP contribution in [0.5, 0.6) is 0 Å². The first-order valence-corrected chi connectivity index (χ1v) is 8.74. The molecule has 23 heavy (non-hydrogen) atoms. The Morgan fingerprint density at radius 2 is 1.57 bits per heavy atom. The Morgan fingerprint density at radius 1 is 1.09 bits per heavy atom. The maximum atomic E-state index is 12.5. The van der Waals surface area contributed by atoms with Crippen LogP contribution >= 0.6 is 0 Å². The van der Waals surface area contributed by atoms with E-state index in [4.69, 9.17) is 10.5 Å². The molecule has 0 saturated heterocycles. The van der Waals surface area contributed by atoms with Crippen molar-refractivity contribution in [2.45, 2.75) is 96.0 Å². The summed E-state index contributed by atoms with van der Waals surface area (Å²) in [6.45, 7) is 7.39. The molecule has 0 aromatic carbocycles. The van der Waals surface area contributed by atoms with Gasteiger partial charge >= 0.3 is 6.09 Å². The third kappa shape index (κ3) is 5.37. The summed E-state index contributed by atoms with van der Waals surface area (Å²) in [7, 11) is 0. The van der Waals surface area contributed by atoms with Crippen LogP contribution in [0.15, 0.2) is 0 Å². The topological polar surface area (TPSA) is 84.7 Å². The molecule has 6 nitrogen and oxygen atoms in total. The molecule has 2 aliphatic carbocycles. The summed E-state index contributed by atoms with van der Waals surface area (Å²) >= 11 is 0. The van der Waals surface area contributed by atoms with Gasteiger partial charge in [0.1, 0.15) is 5.60 Å². The van der Waals surface area contributed by atoms with E-state index in [2.05, 4.69) is 5.32 Å². The molecule has 0 aliphatic heterocycles. The first-order valence-electron chi connectivity index (χ1n) is 8.74. The number of rotatable bonds is 4. The van der Waals surface area contributed by atoms with Crippen LogP contribution in [0.2, 0.25) is 0 Å². The second-order valence-electron chi connectivity index (χ2n) is 7.92. The van der Waals surface area contributed by atoms with Gasteiger partial charge in [-0.3, -0.25) is 4.79 Å². The Labute approximate surface area is 139 Å². The third-order valence-corrected chi connectivity index (χ3v) is 4.39. The van der Waals surface area contributed by atoms with Gasteiger partial charge in [-0.25, -0.2) is 4.79 Å². The standard InChI is InChI=1S/C17H31N3O3/c1-11(18)15(21)19-12-5-7-13(8-6-12)20(14-9-10-14)16(22)23-17(2,3)4/h11-14H,5-10,18H2,1-4H3,(H,19,21). The zero-order valence-corrected chi connectivity index (χ0v) is 14.8. The molecule has 2 amide bonds. The van der Waals surface area contributed by atoms with Crippen molar-refractivity contribution in [3.05, 3.63) is 0 Å². The van der Waals surface area contributed by atoms with Crippen molar-refractivity contribution >= 4 is 12.0 Å². The van der Waals surface area contributed by atoms with E-state index in [1.807, 2.05) is 25.7 Å². The zero-order chi connectivity index (χ0) is 17.2. The van der Waals surface area contributed by atoms with Crippen molar-refractivity contribution in [1.29, 1.82) is 0 Å². The first kappa shape index (κ1) is 18.0. The van der Waals surface area contributed by atoms with Crippen LogP contribution in [0.3, 0.4) is 0 Å². The van der Waals surface area contributed by atoms with Crippen LogP contribution in [0, 0.1) is 0 Å². The molecule has 2 fully saturated rings. The highest BCUT2D eigenvalue weighted by molar-refractivity contribution is 5.81. The fraction of sp³-hybridized carbons (Fsp3) is 0.882. The molecule has 2 saturated carbocycles. The number of nitrogens with one attached hydrogen (secondary N) is 1. The second kappa shape index (κ2) is 7.07. The molecule has 6 heteroatoms. The second-order valence-corrected chi connectivity index (χ2v) is 7.92. The molecular weight excluding hydrogens is 294 g/mol. The van der Waals surface area contributed by atoms with Crippen LogP contribution in [-0.4, -0.2) is 46.7 Å². The van der Waals surface area contributed by atoms with Crippen molar-refractivity contribution in [3.8, 4) is 0 Å². The number of hydrogen-bond donors (Lipinski definition) is 2. The predicted molar refractivity (Wildman–Crippen MR) is 88.9 cm³/mol. The summed E-state index contributed by atoms with van der Waals surface area (Å²) in [6.07, 6.45) is 5.52. The van der Waals surface area contributed by atoms with Gasteiger partial charge in [-0.2, -0.15) is 0 Å². The van der Waals surface area contributed by atoms with E-state index in [1.54, 1.807) is 6.92 Å². The van der Waals surface area contributed by atoms with Crippen molar-refractivity contribution in [3.63, 3.8) is 0 Å². The molecule has 0 heterocycles. The third-order valence-electron chi connectivity index (χ3n) is 4.39. The molecule has 0 aromatic heterocycles. The van der Waals surface area contributed by atoms with Gasteiger partial charge in [-0.15, -0.1) is 0 Å². The van der Waals surface area contributed by atoms with Crippen molar-refractivity contribution in [1.82, 2.24) is 10.2 Å². The highest BCUT2D eigenvalue weighted by Crippen LogP contribution is 2.35. The highest BCUT2D eigenvalue weighted by atomic mass is 16.6. The molecule has 132 valence electrons. The largest absolute Gasteiger partial charge is 0.444 e. The lowest BCUT2D eigenvalue weighted by Gasteiger charge is -2.38. The molecule has 0 bridgehead atoms. The van der Waals surface area contributed by atoms with Gasteiger partial charge in [0.05, 0.1) is 6.04 Å². The first-order chi connectivity index (χ1) is 10.7. The SMILES string of the molecule is CC(N)C(=O)NC1CCC(N(C(=O)OC(C)(C)C)C2CC2)CC1. The van der Waals surface area contributed by atoms with Gasteiger partial charge in [0.2, 0.25) is 5.91 Å². The number of amides is 2. The van der Waals surface area contributed by atoms with E-state index in [0.29, 0.717) is 6.04 Å². The summed E-state index contributed by atoms with van der Waals surface area (Å²) in [6, 6.07) is 0.257. The smallest absolute Gasteiger partial charge is 0.410 e. The van der Waals surface area contributed by atoms with E-state index >= 15 is 0 Å². The van der Waals surface area contributed by atoms with Gasteiger partial charge in [-0.1, -0.05) is 0 Å². The van der Waals surface area contributed by atoms with E-state index in [9.17, 15) is 9.59 Å². The molecule has 1 unspecified atom stereocenters. The van der Waals surface area contributed by atoms with Crippen LogP contribution in [-0.2, 0) is 9.53 Å². The lowest BCUT2D eigenvalue weighted by atomic mass is 9.90. The Morgan fingerprint density at radius 3 is 1.96 bits per heavy atom. The fourth-order valence-corrected chi connectivity index (χ4v) is 3.09. The lowest BCUT2D eigenvalue weighted by Crippen LogP contribution is -2.50. The van der Waals surface area contributed by atoms with Crippen molar-refractivity contribution in [2.75, 3.05) is 0 Å². The van der Waals surface area contributed by atoms with Crippen LogP contribution in [0.4, 0.5) is 4.79 Å². The Kier molecular flexibility index (Phi) is 5.55. The summed E-state index contributed by atoms with van der Waals surface area (Å²) in [4.78, 5) is 26.1. The predicted octanol–water partition coefficient (Wildman–Crippen LogP) is 2.16. The summed E-state index contributed by atoms with van der Waals surface area (Å²) in [5.41, 5.74) is 5.13. The van der Waals surface area contributed by atoms with E-state index in [-0.39, 0.29) is 24.1 Å². The molecule has 3 N–H and O–H groups in total. The Bertz CT molecular complexity index is 433. The average Bonchev–Trinajstić information content (AvgIpc) is 3.23. The number of carbonyl (C=O) groups is 2. The minimum absolute atomic E-state index is 0.0976. The number of nitrogens with zero attached hydrogens (tertiary/aromatic N) is 1. The number of nitrogens with two attached hydrogens (primary N) is 1. The molecule has 0 radical (unpaired) electrons. The molecule has 0 aromatic rings. The molecule has 2 aliphatic rings. The maximum Gasteiger partial charge on any atom is 0.410 e. The van der Waals surface area contributed by atoms with E-state index < -0.39 is 11.6 Å². The normalized spacial score (nSPS) is 26.3. The minimum atomic E-state index is -0.475. The van der Waals surface area contributed by atoms with E-state index in [1.165, 1.54) is 0 Å². The highest BCUT2D eigenvalue weighted by Gasteiger charge is 2.41. The zero-order valence-electron chi connectivity index (χ0n) is 14.8. The maximum absolute atomic E-state index is 12.5. The molecule has 0 spiro atoms. The number of carbonyl (C=O) groups excluding carboxylic acids is 2. The summed E-state index contributed by atoms with van der Waals surface area (Å²) in [5.74, 6) is -0.0976. The Balaban J connectivity index is 1.88. The van der Waals surface area contributed by atoms with E-state index in [0.717, 1.165) is 38.5 Å². The quantitative estimate of drug-likeness (QED) is 0.829. The van der Waals surface area contributed by atoms with Gasteiger partial charge in [-0.05, 0) is 66.2 Å². The van der Waals surface area contributed by atoms with Crippen molar-refractivity contribution < 1.29 is 14.3 Å². The minimum Gasteiger partial charge on any atom is -0.444 e. The van der Waals surface area contributed by atoms with Crippen LogP contribution in [0.25, 0.3) is 0 Å². The fourth-order valence-electron chi connectivity index (χ4n) is 3.09. The molecule has 2 rings (SSSR count). The van der Waals surface area contributed by atoms with Crippen molar-refractivity contribution in [2.24, 2.45) is 5.73 Å².